The summed E-state index contributed by atoms with van der Waals surface area (Å²) in [5.74, 6) is 4.65. The topological polar surface area (TPSA) is 73.0 Å². The normalized spacial score (nSPS) is 26.8. The van der Waals surface area contributed by atoms with Crippen molar-refractivity contribution in [3.63, 3.8) is 0 Å². The molecular weight excluding hydrogens is 302 g/mol. The number of fused-ring (bicyclic) bond motifs is 1. The van der Waals surface area contributed by atoms with Crippen molar-refractivity contribution < 1.29 is 0 Å². The van der Waals surface area contributed by atoms with Gasteiger partial charge in [-0.1, -0.05) is 0 Å². The summed E-state index contributed by atoms with van der Waals surface area (Å²) in [6.07, 6.45) is 4.37. The molecule has 0 spiro atoms. The van der Waals surface area contributed by atoms with E-state index in [0.717, 1.165) is 42.5 Å². The second-order valence-corrected chi connectivity index (χ2v) is 7.50. The highest BCUT2D eigenvalue weighted by Crippen LogP contribution is 2.39. The Labute approximate surface area is 141 Å². The van der Waals surface area contributed by atoms with Crippen LogP contribution in [0.2, 0.25) is 0 Å². The molecule has 2 aliphatic heterocycles. The van der Waals surface area contributed by atoms with E-state index in [2.05, 4.69) is 43.4 Å². The van der Waals surface area contributed by atoms with Crippen molar-refractivity contribution in [3.8, 4) is 0 Å². The minimum absolute atomic E-state index is 0.677. The first kappa shape index (κ1) is 14.2. The highest BCUT2D eigenvalue weighted by molar-refractivity contribution is 5.54. The zero-order chi connectivity index (χ0) is 16.1. The van der Waals surface area contributed by atoms with Crippen LogP contribution >= 0.6 is 0 Å². The van der Waals surface area contributed by atoms with Gasteiger partial charge in [0.05, 0.1) is 0 Å². The van der Waals surface area contributed by atoms with Gasteiger partial charge in [0.25, 0.3) is 0 Å². The highest BCUT2D eigenvalue weighted by atomic mass is 15.3. The maximum absolute atomic E-state index is 4.70. The van der Waals surface area contributed by atoms with E-state index in [4.69, 9.17) is 4.98 Å². The smallest absolute Gasteiger partial charge is 0.227 e. The van der Waals surface area contributed by atoms with Crippen LogP contribution in [0.5, 0.6) is 0 Å². The van der Waals surface area contributed by atoms with Gasteiger partial charge in [0.15, 0.2) is 5.82 Å². The monoisotopic (exact) mass is 325 g/mol. The summed E-state index contributed by atoms with van der Waals surface area (Å²) in [5, 5.41) is 10.8. The summed E-state index contributed by atoms with van der Waals surface area (Å²) in [4.78, 5) is 13.9. The van der Waals surface area contributed by atoms with Crippen LogP contribution in [-0.4, -0.2) is 58.3 Å². The second kappa shape index (κ2) is 5.44. The molecule has 0 aromatic carbocycles. The molecule has 2 atom stereocenters. The Bertz CT molecular complexity index is 724. The molecule has 126 valence electrons. The average Bonchev–Trinajstić information content (AvgIpc) is 3.03. The van der Waals surface area contributed by atoms with Crippen LogP contribution in [0, 0.1) is 11.8 Å². The molecule has 5 rings (SSSR count). The molecule has 2 unspecified atom stereocenters. The third kappa shape index (κ3) is 2.62. The van der Waals surface area contributed by atoms with Crippen LogP contribution in [0.25, 0.3) is 0 Å². The van der Waals surface area contributed by atoms with Gasteiger partial charge in [-0.2, -0.15) is 10.1 Å². The molecule has 2 aromatic rings. The van der Waals surface area contributed by atoms with Gasteiger partial charge in [-0.3, -0.25) is 5.10 Å². The zero-order valence-electron chi connectivity index (χ0n) is 13.9. The van der Waals surface area contributed by atoms with E-state index >= 15 is 0 Å². The van der Waals surface area contributed by atoms with E-state index in [9.17, 15) is 0 Å². The molecule has 1 aliphatic carbocycles. The lowest BCUT2D eigenvalue weighted by Crippen LogP contribution is -2.28. The predicted octanol–water partition coefficient (Wildman–Crippen LogP) is 1.82. The Kier molecular flexibility index (Phi) is 3.22. The van der Waals surface area contributed by atoms with E-state index in [1.807, 2.05) is 12.3 Å². The van der Waals surface area contributed by atoms with E-state index in [1.54, 1.807) is 0 Å². The van der Waals surface area contributed by atoms with Crippen LogP contribution in [0.4, 0.5) is 17.6 Å². The number of hydrogen-bond donors (Lipinski definition) is 2. The fourth-order valence-corrected chi connectivity index (χ4v) is 4.10. The van der Waals surface area contributed by atoms with Gasteiger partial charge in [0.2, 0.25) is 5.95 Å². The molecule has 3 fully saturated rings. The lowest BCUT2D eigenvalue weighted by Gasteiger charge is -2.19. The lowest BCUT2D eigenvalue weighted by molar-refractivity contribution is 0.386. The molecule has 1 saturated carbocycles. The van der Waals surface area contributed by atoms with Crippen LogP contribution in [-0.2, 0) is 0 Å². The number of likely N-dealkylation sites (tertiary alicyclic amines) is 1. The van der Waals surface area contributed by atoms with E-state index in [1.165, 1.54) is 31.6 Å². The Balaban J connectivity index is 1.29. The number of H-pyrrole nitrogens is 1. The maximum atomic E-state index is 4.70. The zero-order valence-corrected chi connectivity index (χ0v) is 13.9. The number of nitrogens with one attached hydrogen (secondary N) is 2. The molecule has 7 nitrogen and oxygen atoms in total. The second-order valence-electron chi connectivity index (χ2n) is 7.50. The summed E-state index contributed by atoms with van der Waals surface area (Å²) < 4.78 is 0. The highest BCUT2D eigenvalue weighted by Gasteiger charge is 2.39. The third-order valence-electron chi connectivity index (χ3n) is 5.47. The van der Waals surface area contributed by atoms with Crippen LogP contribution < -0.4 is 10.2 Å². The maximum Gasteiger partial charge on any atom is 0.227 e. The summed E-state index contributed by atoms with van der Waals surface area (Å²) in [6, 6.07) is 4.00. The number of nitrogens with zero attached hydrogens (tertiary/aromatic N) is 5. The first-order valence-corrected chi connectivity index (χ1v) is 8.83. The summed E-state index contributed by atoms with van der Waals surface area (Å²) in [7, 11) is 2.21. The predicted molar refractivity (Wildman–Crippen MR) is 92.6 cm³/mol. The quantitative estimate of drug-likeness (QED) is 0.893. The summed E-state index contributed by atoms with van der Waals surface area (Å²) in [6.45, 7) is 4.51. The largest absolute Gasteiger partial charge is 0.340 e. The fraction of sp³-hybridized carbons (Fsp3) is 0.588. The third-order valence-corrected chi connectivity index (χ3v) is 5.47. The van der Waals surface area contributed by atoms with Gasteiger partial charge in [0, 0.05) is 50.1 Å². The number of aromatic amines is 1. The van der Waals surface area contributed by atoms with E-state index in [0.29, 0.717) is 5.92 Å². The summed E-state index contributed by atoms with van der Waals surface area (Å²) in [5.41, 5.74) is 1.23. The number of hydrogen-bond acceptors (Lipinski definition) is 6. The first-order valence-electron chi connectivity index (χ1n) is 8.83. The average molecular weight is 325 g/mol. The van der Waals surface area contributed by atoms with Gasteiger partial charge in [0.1, 0.15) is 5.82 Å². The molecule has 0 amide bonds. The number of anilines is 3. The van der Waals surface area contributed by atoms with Crippen molar-refractivity contribution in [2.24, 2.45) is 11.8 Å². The molecule has 0 bridgehead atoms. The van der Waals surface area contributed by atoms with E-state index < -0.39 is 0 Å². The van der Waals surface area contributed by atoms with Gasteiger partial charge in [-0.15, -0.1) is 0 Å². The van der Waals surface area contributed by atoms with Crippen molar-refractivity contribution in [2.45, 2.75) is 18.8 Å². The lowest BCUT2D eigenvalue weighted by atomic mass is 10.0. The Morgan fingerprint density at radius 1 is 1.12 bits per heavy atom. The number of rotatable bonds is 4. The molecule has 24 heavy (non-hydrogen) atoms. The molecule has 2 aromatic heterocycles. The molecule has 0 radical (unpaired) electrons. The minimum Gasteiger partial charge on any atom is -0.340 e. The SMILES string of the molecule is CN1CC2CN(c3nccc(Nc4cc(C5CC5)[nH]n4)n3)CC2C1. The van der Waals surface area contributed by atoms with Crippen molar-refractivity contribution in [3.05, 3.63) is 24.0 Å². The van der Waals surface area contributed by atoms with Crippen molar-refractivity contribution >= 4 is 17.6 Å². The van der Waals surface area contributed by atoms with Gasteiger partial charge in [-0.05, 0) is 37.8 Å². The Hall–Kier alpha value is -2.15. The van der Waals surface area contributed by atoms with Gasteiger partial charge >= 0.3 is 0 Å². The molecule has 2 N–H and O–H groups in total. The van der Waals surface area contributed by atoms with Crippen molar-refractivity contribution in [1.29, 1.82) is 0 Å². The summed E-state index contributed by atoms with van der Waals surface area (Å²) >= 11 is 0. The minimum atomic E-state index is 0.677. The fourth-order valence-electron chi connectivity index (χ4n) is 4.10. The van der Waals surface area contributed by atoms with Crippen molar-refractivity contribution in [2.75, 3.05) is 43.4 Å². The van der Waals surface area contributed by atoms with Crippen molar-refractivity contribution in [1.82, 2.24) is 25.1 Å². The van der Waals surface area contributed by atoms with Gasteiger partial charge in [-0.25, -0.2) is 4.98 Å². The molecule has 3 aliphatic rings. The van der Waals surface area contributed by atoms with E-state index in [-0.39, 0.29) is 0 Å². The van der Waals surface area contributed by atoms with Crippen LogP contribution in [0.1, 0.15) is 24.5 Å². The Morgan fingerprint density at radius 3 is 2.67 bits per heavy atom. The standard InChI is InChI=1S/C17H23N7/c1-23-7-12-9-24(10-13(12)8-23)17-18-5-4-15(20-17)19-16-6-14(21-22-16)11-2-3-11/h4-6,11-13H,2-3,7-10H2,1H3,(H2,18,19,20,21,22). The molecular formula is C17H23N7. The molecule has 7 heteroatoms. The molecule has 4 heterocycles. The van der Waals surface area contributed by atoms with Gasteiger partial charge < -0.3 is 15.1 Å². The number of aromatic nitrogens is 4. The Morgan fingerprint density at radius 2 is 1.92 bits per heavy atom. The van der Waals surface area contributed by atoms with Crippen LogP contribution in [0.15, 0.2) is 18.3 Å². The van der Waals surface area contributed by atoms with Crippen LogP contribution in [0.3, 0.4) is 0 Å². The first-order chi connectivity index (χ1) is 11.7. The molecule has 2 saturated heterocycles.